The van der Waals surface area contributed by atoms with Crippen LogP contribution in [0.3, 0.4) is 0 Å². The normalized spacial score (nSPS) is 23.2. The van der Waals surface area contributed by atoms with Gasteiger partial charge in [0.2, 0.25) is 5.91 Å². The second kappa shape index (κ2) is 9.99. The molecule has 2 rings (SSSR count). The Morgan fingerprint density at radius 1 is 1.21 bits per heavy atom. The van der Waals surface area contributed by atoms with E-state index in [4.69, 9.17) is 4.74 Å². The van der Waals surface area contributed by atoms with Crippen molar-refractivity contribution in [2.75, 3.05) is 39.3 Å². The maximum Gasteiger partial charge on any atom is 0.251 e. The molecule has 0 aliphatic carbocycles. The average molecular weight is 339 g/mol. The zero-order valence-corrected chi connectivity index (χ0v) is 15.3. The number of carbonyl (C=O) groups excluding carboxylic acids is 2. The number of unbranched alkanes of at least 4 members (excludes halogenated alkanes) is 2. The van der Waals surface area contributed by atoms with Crippen LogP contribution in [0.4, 0.5) is 0 Å². The molecule has 6 nitrogen and oxygen atoms in total. The van der Waals surface area contributed by atoms with Crippen molar-refractivity contribution in [3.8, 4) is 0 Å². The predicted octanol–water partition coefficient (Wildman–Crippen LogP) is 1.39. The molecule has 2 atom stereocenters. The number of hydrogen-bond donors (Lipinski definition) is 1. The van der Waals surface area contributed by atoms with Gasteiger partial charge in [0.25, 0.3) is 5.91 Å². The third-order valence-electron chi connectivity index (χ3n) is 4.90. The molecule has 2 aliphatic rings. The monoisotopic (exact) mass is 339 g/mol. The van der Waals surface area contributed by atoms with Crippen LogP contribution in [-0.2, 0) is 14.3 Å². The highest BCUT2D eigenvalue weighted by Crippen LogP contribution is 2.16. The molecule has 0 saturated carbocycles. The van der Waals surface area contributed by atoms with Gasteiger partial charge in [-0.05, 0) is 26.2 Å². The number of rotatable bonds is 8. The first kappa shape index (κ1) is 19.2. The number of piperazine rings is 1. The lowest BCUT2D eigenvalue weighted by molar-refractivity contribution is -0.142. The van der Waals surface area contributed by atoms with E-state index in [0.717, 1.165) is 32.4 Å². The molecule has 2 aliphatic heterocycles. The molecule has 2 fully saturated rings. The maximum absolute atomic E-state index is 12.3. The Balaban J connectivity index is 1.63. The molecule has 0 radical (unpaired) electrons. The number of hydrogen-bond acceptors (Lipinski definition) is 4. The summed E-state index contributed by atoms with van der Waals surface area (Å²) < 4.78 is 5.47. The number of ether oxygens (including phenoxy) is 1. The number of carbonyl (C=O) groups is 2. The van der Waals surface area contributed by atoms with Crippen LogP contribution in [0, 0.1) is 0 Å². The second-order valence-corrected chi connectivity index (χ2v) is 7.07. The molecule has 24 heavy (non-hydrogen) atoms. The molecule has 138 valence electrons. The number of nitrogens with zero attached hydrogens (tertiary/aromatic N) is 2. The summed E-state index contributed by atoms with van der Waals surface area (Å²) in [6.45, 7) is 8.30. The summed E-state index contributed by atoms with van der Waals surface area (Å²) in [6, 6.07) is 0.242. The van der Waals surface area contributed by atoms with Gasteiger partial charge in [-0.2, -0.15) is 0 Å². The van der Waals surface area contributed by atoms with E-state index in [1.54, 1.807) is 0 Å². The summed E-state index contributed by atoms with van der Waals surface area (Å²) >= 11 is 0. The van der Waals surface area contributed by atoms with Gasteiger partial charge in [-0.25, -0.2) is 0 Å². The first-order valence-corrected chi connectivity index (χ1v) is 9.52. The number of amides is 2. The molecule has 2 amide bonds. The van der Waals surface area contributed by atoms with Gasteiger partial charge >= 0.3 is 0 Å². The molecule has 0 aromatic heterocycles. The Bertz CT molecular complexity index is 402. The predicted molar refractivity (Wildman–Crippen MR) is 93.7 cm³/mol. The standard InChI is InChI=1S/C18H33N3O3/c1-3-4-5-7-15(2)19-17(22)14-20-9-11-21(12-10-20)18(23)16-8-6-13-24-16/h15-16H,3-14H2,1-2H3,(H,19,22). The minimum absolute atomic E-state index is 0.0953. The molecule has 2 saturated heterocycles. The van der Waals surface area contributed by atoms with Crippen LogP contribution in [0.15, 0.2) is 0 Å². The van der Waals surface area contributed by atoms with Crippen molar-refractivity contribution in [2.45, 2.75) is 64.5 Å². The van der Waals surface area contributed by atoms with Crippen molar-refractivity contribution in [3.63, 3.8) is 0 Å². The van der Waals surface area contributed by atoms with E-state index in [2.05, 4.69) is 24.1 Å². The van der Waals surface area contributed by atoms with Crippen LogP contribution < -0.4 is 5.32 Å². The van der Waals surface area contributed by atoms with Gasteiger partial charge in [0.15, 0.2) is 0 Å². The molecular formula is C18H33N3O3. The zero-order valence-electron chi connectivity index (χ0n) is 15.3. The molecule has 0 spiro atoms. The molecule has 2 unspecified atom stereocenters. The van der Waals surface area contributed by atoms with E-state index in [9.17, 15) is 9.59 Å². The van der Waals surface area contributed by atoms with Crippen molar-refractivity contribution in [1.82, 2.24) is 15.1 Å². The van der Waals surface area contributed by atoms with Gasteiger partial charge in [-0.3, -0.25) is 14.5 Å². The lowest BCUT2D eigenvalue weighted by Crippen LogP contribution is -2.53. The van der Waals surface area contributed by atoms with E-state index >= 15 is 0 Å². The SMILES string of the molecule is CCCCCC(C)NC(=O)CN1CCN(C(=O)C2CCCO2)CC1. The topological polar surface area (TPSA) is 61.9 Å². The van der Waals surface area contributed by atoms with Gasteiger partial charge in [-0.15, -0.1) is 0 Å². The Kier molecular flexibility index (Phi) is 7.99. The first-order chi connectivity index (χ1) is 11.6. The zero-order chi connectivity index (χ0) is 17.4. The third kappa shape index (κ3) is 6.06. The van der Waals surface area contributed by atoms with Gasteiger partial charge in [0.1, 0.15) is 6.10 Å². The Labute approximate surface area is 145 Å². The molecule has 1 N–H and O–H groups in total. The van der Waals surface area contributed by atoms with Crippen LogP contribution in [0.5, 0.6) is 0 Å². The highest BCUT2D eigenvalue weighted by molar-refractivity contribution is 5.81. The molecule has 2 heterocycles. The first-order valence-electron chi connectivity index (χ1n) is 9.52. The van der Waals surface area contributed by atoms with Gasteiger partial charge in [0, 0.05) is 38.8 Å². The van der Waals surface area contributed by atoms with Crippen LogP contribution in [0.1, 0.15) is 52.4 Å². The third-order valence-corrected chi connectivity index (χ3v) is 4.90. The van der Waals surface area contributed by atoms with E-state index in [0.29, 0.717) is 26.2 Å². The molecule has 0 aromatic carbocycles. The summed E-state index contributed by atoms with van der Waals surface area (Å²) in [4.78, 5) is 28.4. The van der Waals surface area contributed by atoms with Crippen LogP contribution in [0.2, 0.25) is 0 Å². The van der Waals surface area contributed by atoms with E-state index in [1.165, 1.54) is 19.3 Å². The molecule has 0 aromatic rings. The fourth-order valence-electron chi connectivity index (χ4n) is 3.40. The fourth-order valence-corrected chi connectivity index (χ4v) is 3.40. The van der Waals surface area contributed by atoms with Gasteiger partial charge in [0.05, 0.1) is 6.54 Å². The minimum atomic E-state index is -0.233. The van der Waals surface area contributed by atoms with Crippen molar-refractivity contribution < 1.29 is 14.3 Å². The van der Waals surface area contributed by atoms with E-state index < -0.39 is 0 Å². The molecular weight excluding hydrogens is 306 g/mol. The smallest absolute Gasteiger partial charge is 0.251 e. The summed E-state index contributed by atoms with van der Waals surface area (Å²) in [7, 11) is 0. The van der Waals surface area contributed by atoms with E-state index in [1.807, 2.05) is 4.90 Å². The van der Waals surface area contributed by atoms with Crippen LogP contribution in [0.25, 0.3) is 0 Å². The fraction of sp³-hybridized carbons (Fsp3) is 0.889. The minimum Gasteiger partial charge on any atom is -0.368 e. The lowest BCUT2D eigenvalue weighted by atomic mass is 10.1. The number of nitrogens with one attached hydrogen (secondary N) is 1. The summed E-state index contributed by atoms with van der Waals surface area (Å²) in [6.07, 6.45) is 6.23. The highest BCUT2D eigenvalue weighted by Gasteiger charge is 2.30. The Morgan fingerprint density at radius 3 is 2.58 bits per heavy atom. The van der Waals surface area contributed by atoms with Gasteiger partial charge < -0.3 is 15.0 Å². The Morgan fingerprint density at radius 2 is 1.96 bits per heavy atom. The lowest BCUT2D eigenvalue weighted by Gasteiger charge is -2.35. The van der Waals surface area contributed by atoms with Crippen molar-refractivity contribution in [1.29, 1.82) is 0 Å². The van der Waals surface area contributed by atoms with Crippen LogP contribution >= 0.6 is 0 Å². The Hall–Kier alpha value is -1.14. The quantitative estimate of drug-likeness (QED) is 0.679. The maximum atomic E-state index is 12.3. The molecule has 0 bridgehead atoms. The summed E-state index contributed by atoms with van der Waals surface area (Å²) in [5.41, 5.74) is 0. The summed E-state index contributed by atoms with van der Waals surface area (Å²) in [5, 5.41) is 3.08. The summed E-state index contributed by atoms with van der Waals surface area (Å²) in [5.74, 6) is 0.221. The highest BCUT2D eigenvalue weighted by atomic mass is 16.5. The average Bonchev–Trinajstić information content (AvgIpc) is 3.09. The van der Waals surface area contributed by atoms with Crippen molar-refractivity contribution >= 4 is 11.8 Å². The van der Waals surface area contributed by atoms with Crippen molar-refractivity contribution in [3.05, 3.63) is 0 Å². The second-order valence-electron chi connectivity index (χ2n) is 7.07. The van der Waals surface area contributed by atoms with E-state index in [-0.39, 0.29) is 24.0 Å². The largest absolute Gasteiger partial charge is 0.368 e. The molecule has 6 heteroatoms. The van der Waals surface area contributed by atoms with Crippen LogP contribution in [-0.4, -0.2) is 73.1 Å². The van der Waals surface area contributed by atoms with Crippen molar-refractivity contribution in [2.24, 2.45) is 0 Å². The van der Waals surface area contributed by atoms with Gasteiger partial charge in [-0.1, -0.05) is 26.2 Å².